The maximum absolute atomic E-state index is 6.09. The molecular formula is C12H23ClO. The van der Waals surface area contributed by atoms with E-state index in [9.17, 15) is 0 Å². The monoisotopic (exact) mass is 218 g/mol. The Kier molecular flexibility index (Phi) is 5.25. The molecule has 0 bridgehead atoms. The summed E-state index contributed by atoms with van der Waals surface area (Å²) in [7, 11) is 0. The van der Waals surface area contributed by atoms with Crippen molar-refractivity contribution in [2.75, 3.05) is 12.5 Å². The van der Waals surface area contributed by atoms with E-state index in [0.717, 1.165) is 18.9 Å². The van der Waals surface area contributed by atoms with Crippen LogP contribution in [-0.2, 0) is 4.74 Å². The fraction of sp³-hybridized carbons (Fsp3) is 1.00. The number of alkyl halides is 1. The van der Waals surface area contributed by atoms with Gasteiger partial charge in [-0.3, -0.25) is 0 Å². The van der Waals surface area contributed by atoms with Crippen molar-refractivity contribution in [2.45, 2.75) is 58.5 Å². The molecule has 1 aliphatic heterocycles. The fourth-order valence-electron chi connectivity index (χ4n) is 2.29. The van der Waals surface area contributed by atoms with Gasteiger partial charge in [0, 0.05) is 17.9 Å². The van der Waals surface area contributed by atoms with Crippen molar-refractivity contribution >= 4 is 11.6 Å². The largest absolute Gasteiger partial charge is 0.378 e. The van der Waals surface area contributed by atoms with Gasteiger partial charge in [-0.15, -0.1) is 11.6 Å². The number of halogens is 1. The van der Waals surface area contributed by atoms with Crippen LogP contribution in [0.1, 0.15) is 52.4 Å². The molecule has 84 valence electrons. The number of rotatable bonds is 6. The molecule has 1 aliphatic rings. The summed E-state index contributed by atoms with van der Waals surface area (Å²) in [5.74, 6) is 0.764. The zero-order chi connectivity index (χ0) is 10.4. The summed E-state index contributed by atoms with van der Waals surface area (Å²) in [6.45, 7) is 5.33. The summed E-state index contributed by atoms with van der Waals surface area (Å²) in [5, 5.41) is 0. The molecule has 2 unspecified atom stereocenters. The molecule has 0 aromatic rings. The van der Waals surface area contributed by atoms with Gasteiger partial charge in [0.05, 0.1) is 6.10 Å². The third-order valence-electron chi connectivity index (χ3n) is 3.62. The molecule has 0 radical (unpaired) electrons. The van der Waals surface area contributed by atoms with Crippen LogP contribution in [-0.4, -0.2) is 18.6 Å². The van der Waals surface area contributed by atoms with Gasteiger partial charge >= 0.3 is 0 Å². The van der Waals surface area contributed by atoms with E-state index in [4.69, 9.17) is 16.3 Å². The summed E-state index contributed by atoms with van der Waals surface area (Å²) < 4.78 is 5.63. The highest BCUT2D eigenvalue weighted by molar-refractivity contribution is 6.18. The quantitative estimate of drug-likeness (QED) is 0.484. The first-order valence-corrected chi connectivity index (χ1v) is 6.46. The summed E-state index contributed by atoms with van der Waals surface area (Å²) in [5.41, 5.74) is 0.287. The Morgan fingerprint density at radius 2 is 2.14 bits per heavy atom. The molecule has 1 heterocycles. The van der Waals surface area contributed by atoms with E-state index >= 15 is 0 Å². The first-order chi connectivity index (χ1) is 6.75. The number of unbranched alkanes of at least 4 members (excludes halogenated alkanes) is 3. The lowest BCUT2D eigenvalue weighted by Crippen LogP contribution is -2.30. The molecule has 0 spiro atoms. The van der Waals surface area contributed by atoms with Gasteiger partial charge in [0.1, 0.15) is 0 Å². The lowest BCUT2D eigenvalue weighted by Gasteiger charge is -2.29. The molecule has 1 rings (SSSR count). The van der Waals surface area contributed by atoms with Crippen LogP contribution >= 0.6 is 11.6 Å². The number of ether oxygens (including phenoxy) is 1. The molecule has 0 aromatic heterocycles. The Morgan fingerprint density at radius 1 is 1.36 bits per heavy atom. The molecule has 14 heavy (non-hydrogen) atoms. The molecule has 1 saturated heterocycles. The first kappa shape index (κ1) is 12.3. The van der Waals surface area contributed by atoms with Gasteiger partial charge in [-0.1, -0.05) is 32.6 Å². The topological polar surface area (TPSA) is 9.23 Å². The minimum Gasteiger partial charge on any atom is -0.378 e. The summed E-state index contributed by atoms with van der Waals surface area (Å²) in [6.07, 6.45) is 8.09. The Morgan fingerprint density at radius 3 is 2.64 bits per heavy atom. The van der Waals surface area contributed by atoms with Crippen molar-refractivity contribution in [1.82, 2.24) is 0 Å². The van der Waals surface area contributed by atoms with E-state index in [2.05, 4.69) is 13.8 Å². The lowest BCUT2D eigenvalue weighted by molar-refractivity contribution is 0.0682. The highest BCUT2D eigenvalue weighted by Crippen LogP contribution is 2.40. The summed E-state index contributed by atoms with van der Waals surface area (Å²) >= 11 is 6.09. The number of hydrogen-bond acceptors (Lipinski definition) is 1. The van der Waals surface area contributed by atoms with Crippen LogP contribution in [0.4, 0.5) is 0 Å². The van der Waals surface area contributed by atoms with Crippen LogP contribution in [0.2, 0.25) is 0 Å². The van der Waals surface area contributed by atoms with Gasteiger partial charge in [0.25, 0.3) is 0 Å². The summed E-state index contributed by atoms with van der Waals surface area (Å²) in [4.78, 5) is 0. The van der Waals surface area contributed by atoms with Crippen molar-refractivity contribution in [3.63, 3.8) is 0 Å². The van der Waals surface area contributed by atoms with Gasteiger partial charge < -0.3 is 4.74 Å². The van der Waals surface area contributed by atoms with Crippen molar-refractivity contribution in [3.8, 4) is 0 Å². The average Bonchev–Trinajstić information content (AvgIpc) is 2.56. The standard InChI is InChI=1S/C12H23ClO/c1-3-4-5-6-7-12(10-13)8-9-14-11(12)2/h11H,3-10H2,1-2H3. The third kappa shape index (κ3) is 2.87. The molecule has 0 N–H and O–H groups in total. The van der Waals surface area contributed by atoms with Gasteiger partial charge in [-0.2, -0.15) is 0 Å². The molecular weight excluding hydrogens is 196 g/mol. The number of hydrogen-bond donors (Lipinski definition) is 0. The Labute approximate surface area is 93.2 Å². The summed E-state index contributed by atoms with van der Waals surface area (Å²) in [6, 6.07) is 0. The van der Waals surface area contributed by atoms with Crippen LogP contribution in [0.5, 0.6) is 0 Å². The predicted octanol–water partition coefficient (Wildman–Crippen LogP) is 3.99. The molecule has 2 atom stereocenters. The van der Waals surface area contributed by atoms with Gasteiger partial charge in [-0.25, -0.2) is 0 Å². The molecule has 1 fully saturated rings. The van der Waals surface area contributed by atoms with Crippen molar-refractivity contribution in [1.29, 1.82) is 0 Å². The highest BCUT2D eigenvalue weighted by Gasteiger charge is 2.39. The van der Waals surface area contributed by atoms with E-state index < -0.39 is 0 Å². The molecule has 0 aromatic carbocycles. The van der Waals surface area contributed by atoms with E-state index in [0.29, 0.717) is 6.10 Å². The van der Waals surface area contributed by atoms with Crippen LogP contribution in [0.3, 0.4) is 0 Å². The highest BCUT2D eigenvalue weighted by atomic mass is 35.5. The van der Waals surface area contributed by atoms with E-state index in [1.807, 2.05) is 0 Å². The maximum atomic E-state index is 6.09. The SMILES string of the molecule is CCCCCCC1(CCl)CCOC1C. The Hall–Kier alpha value is 0.250. The first-order valence-electron chi connectivity index (χ1n) is 5.93. The van der Waals surface area contributed by atoms with Gasteiger partial charge in [-0.05, 0) is 19.8 Å². The van der Waals surface area contributed by atoms with Crippen molar-refractivity contribution in [3.05, 3.63) is 0 Å². The average molecular weight is 219 g/mol. The molecule has 0 aliphatic carbocycles. The smallest absolute Gasteiger partial charge is 0.0615 e. The second-order valence-corrected chi connectivity index (χ2v) is 4.84. The molecule has 0 saturated carbocycles. The van der Waals surface area contributed by atoms with Crippen LogP contribution < -0.4 is 0 Å². The van der Waals surface area contributed by atoms with E-state index in [-0.39, 0.29) is 5.41 Å². The van der Waals surface area contributed by atoms with Gasteiger partial charge in [0.2, 0.25) is 0 Å². The normalized spacial score (nSPS) is 32.4. The molecule has 2 heteroatoms. The zero-order valence-electron chi connectivity index (χ0n) is 9.52. The maximum Gasteiger partial charge on any atom is 0.0615 e. The molecule has 1 nitrogen and oxygen atoms in total. The Bertz CT molecular complexity index is 160. The third-order valence-corrected chi connectivity index (χ3v) is 4.16. The minimum absolute atomic E-state index is 0.287. The zero-order valence-corrected chi connectivity index (χ0v) is 10.3. The van der Waals surface area contributed by atoms with Crippen LogP contribution in [0.15, 0.2) is 0 Å². The predicted molar refractivity (Wildman–Crippen MR) is 61.9 cm³/mol. The second kappa shape index (κ2) is 5.97. The lowest BCUT2D eigenvalue weighted by atomic mass is 9.79. The van der Waals surface area contributed by atoms with Crippen molar-refractivity contribution < 1.29 is 4.74 Å². The minimum atomic E-state index is 0.287. The second-order valence-electron chi connectivity index (χ2n) is 4.57. The van der Waals surface area contributed by atoms with Crippen LogP contribution in [0, 0.1) is 5.41 Å². The van der Waals surface area contributed by atoms with Gasteiger partial charge in [0.15, 0.2) is 0 Å². The Balaban J connectivity index is 2.30. The fourth-order valence-corrected chi connectivity index (χ4v) is 2.78. The van der Waals surface area contributed by atoms with E-state index in [1.165, 1.54) is 32.1 Å². The van der Waals surface area contributed by atoms with Crippen LogP contribution in [0.25, 0.3) is 0 Å². The van der Waals surface area contributed by atoms with E-state index in [1.54, 1.807) is 0 Å². The van der Waals surface area contributed by atoms with Crippen molar-refractivity contribution in [2.24, 2.45) is 5.41 Å². The molecule has 0 amide bonds.